The van der Waals surface area contributed by atoms with Crippen molar-refractivity contribution in [1.29, 1.82) is 0 Å². The molecule has 1 fully saturated rings. The number of anilines is 1. The lowest BCUT2D eigenvalue weighted by atomic mass is 9.96. The summed E-state index contributed by atoms with van der Waals surface area (Å²) in [6, 6.07) is 0. The van der Waals surface area contributed by atoms with E-state index in [1.807, 2.05) is 4.90 Å². The van der Waals surface area contributed by atoms with Crippen molar-refractivity contribution in [3.63, 3.8) is 0 Å². The van der Waals surface area contributed by atoms with Crippen LogP contribution in [0.25, 0.3) is 0 Å². The van der Waals surface area contributed by atoms with Crippen molar-refractivity contribution in [2.45, 2.75) is 19.0 Å². The van der Waals surface area contributed by atoms with Gasteiger partial charge in [-0.05, 0) is 28.8 Å². The van der Waals surface area contributed by atoms with E-state index in [1.165, 1.54) is 6.33 Å². The Morgan fingerprint density at radius 2 is 1.94 bits per heavy atom. The highest BCUT2D eigenvalue weighted by Crippen LogP contribution is 2.35. The zero-order valence-electron chi connectivity index (χ0n) is 8.91. The van der Waals surface area contributed by atoms with Gasteiger partial charge in [0.25, 0.3) is 0 Å². The molecule has 2 rings (SSSR count). The Bertz CT molecular complexity index is 389. The third kappa shape index (κ3) is 2.88. The van der Waals surface area contributed by atoms with Gasteiger partial charge in [0.1, 0.15) is 12.1 Å². The summed E-state index contributed by atoms with van der Waals surface area (Å²) in [4.78, 5) is 9.76. The molecular weight excluding hydrogens is 299 g/mol. The zero-order valence-corrected chi connectivity index (χ0v) is 10.5. The molecule has 1 aliphatic rings. The Morgan fingerprint density at radius 1 is 1.29 bits per heavy atom. The standard InChI is InChI=1S/C10H11BrF3N3/c11-8-5-15-6-16-9(8)17-3-1-7(2-4-17)10(12,13)14/h5-7H,1-4H2. The maximum Gasteiger partial charge on any atom is 0.391 e. The number of hydrogen-bond donors (Lipinski definition) is 0. The SMILES string of the molecule is FC(F)(F)C1CCN(c2ncncc2Br)CC1. The normalized spacial score (nSPS) is 18.5. The minimum absolute atomic E-state index is 0.125. The van der Waals surface area contributed by atoms with Crippen LogP contribution in [0.5, 0.6) is 0 Å². The Hall–Kier alpha value is -0.850. The van der Waals surface area contributed by atoms with Gasteiger partial charge >= 0.3 is 6.18 Å². The van der Waals surface area contributed by atoms with Crippen LogP contribution >= 0.6 is 15.9 Å². The molecule has 0 bridgehead atoms. The van der Waals surface area contributed by atoms with Crippen LogP contribution in [0, 0.1) is 5.92 Å². The molecule has 0 N–H and O–H groups in total. The Morgan fingerprint density at radius 3 is 2.47 bits per heavy atom. The van der Waals surface area contributed by atoms with Crippen molar-refractivity contribution in [3.05, 3.63) is 17.0 Å². The molecule has 0 amide bonds. The van der Waals surface area contributed by atoms with Crippen LogP contribution in [0.3, 0.4) is 0 Å². The number of hydrogen-bond acceptors (Lipinski definition) is 3. The summed E-state index contributed by atoms with van der Waals surface area (Å²) in [6.45, 7) is 0.750. The Labute approximate surface area is 105 Å². The Balaban J connectivity index is 2.03. The quantitative estimate of drug-likeness (QED) is 0.798. The number of alkyl halides is 3. The highest BCUT2D eigenvalue weighted by atomic mass is 79.9. The minimum atomic E-state index is -4.07. The number of aromatic nitrogens is 2. The third-order valence-corrected chi connectivity index (χ3v) is 3.46. The molecule has 3 nitrogen and oxygen atoms in total. The number of rotatable bonds is 1. The lowest BCUT2D eigenvalue weighted by Crippen LogP contribution is -2.39. The van der Waals surface area contributed by atoms with E-state index in [4.69, 9.17) is 0 Å². The van der Waals surface area contributed by atoms with E-state index < -0.39 is 12.1 Å². The molecule has 0 atom stereocenters. The average Bonchev–Trinajstić information content (AvgIpc) is 2.29. The van der Waals surface area contributed by atoms with Crippen molar-refractivity contribution in [2.24, 2.45) is 5.92 Å². The van der Waals surface area contributed by atoms with E-state index in [-0.39, 0.29) is 12.8 Å². The van der Waals surface area contributed by atoms with Gasteiger partial charge < -0.3 is 4.90 Å². The predicted molar refractivity (Wildman–Crippen MR) is 60.7 cm³/mol. The second kappa shape index (κ2) is 4.80. The van der Waals surface area contributed by atoms with Gasteiger partial charge in [-0.25, -0.2) is 9.97 Å². The van der Waals surface area contributed by atoms with Crippen molar-refractivity contribution in [1.82, 2.24) is 9.97 Å². The lowest BCUT2D eigenvalue weighted by molar-refractivity contribution is -0.179. The molecule has 0 saturated carbocycles. The van der Waals surface area contributed by atoms with Crippen LogP contribution in [0.4, 0.5) is 19.0 Å². The van der Waals surface area contributed by atoms with Gasteiger partial charge in [0.2, 0.25) is 0 Å². The van der Waals surface area contributed by atoms with Gasteiger partial charge in [-0.3, -0.25) is 0 Å². The van der Waals surface area contributed by atoms with E-state index in [0.29, 0.717) is 23.4 Å². The number of halogens is 4. The van der Waals surface area contributed by atoms with E-state index in [2.05, 4.69) is 25.9 Å². The van der Waals surface area contributed by atoms with Crippen molar-refractivity contribution >= 4 is 21.7 Å². The van der Waals surface area contributed by atoms with Crippen molar-refractivity contribution in [3.8, 4) is 0 Å². The third-order valence-electron chi connectivity index (χ3n) is 2.91. The van der Waals surface area contributed by atoms with Gasteiger partial charge in [0, 0.05) is 19.3 Å². The maximum atomic E-state index is 12.5. The summed E-state index contributed by atoms with van der Waals surface area (Å²) in [5.41, 5.74) is 0. The first-order valence-electron chi connectivity index (χ1n) is 5.25. The molecule has 1 saturated heterocycles. The van der Waals surface area contributed by atoms with E-state index in [0.717, 1.165) is 0 Å². The van der Waals surface area contributed by atoms with Gasteiger partial charge in [0.15, 0.2) is 0 Å². The Kier molecular flexibility index (Phi) is 3.56. The molecule has 1 aliphatic heterocycles. The van der Waals surface area contributed by atoms with Crippen LogP contribution in [0.15, 0.2) is 17.0 Å². The molecule has 0 aliphatic carbocycles. The van der Waals surface area contributed by atoms with Gasteiger partial charge in [-0.15, -0.1) is 0 Å². The summed E-state index contributed by atoms with van der Waals surface area (Å²) in [5.74, 6) is -0.514. The maximum absolute atomic E-state index is 12.5. The molecule has 7 heteroatoms. The first-order chi connectivity index (χ1) is 7.98. The molecule has 1 aromatic heterocycles. The largest absolute Gasteiger partial charge is 0.391 e. The highest BCUT2D eigenvalue weighted by molar-refractivity contribution is 9.10. The molecule has 0 unspecified atom stereocenters. The van der Waals surface area contributed by atoms with Gasteiger partial charge in [0.05, 0.1) is 10.4 Å². The molecule has 1 aromatic rings. The lowest BCUT2D eigenvalue weighted by Gasteiger charge is -2.33. The highest BCUT2D eigenvalue weighted by Gasteiger charge is 2.41. The topological polar surface area (TPSA) is 29.0 Å². The van der Waals surface area contributed by atoms with E-state index >= 15 is 0 Å². The minimum Gasteiger partial charge on any atom is -0.356 e. The number of piperidine rings is 1. The first-order valence-corrected chi connectivity index (χ1v) is 6.05. The van der Waals surface area contributed by atoms with E-state index in [1.54, 1.807) is 6.20 Å². The summed E-state index contributed by atoms with van der Waals surface area (Å²) < 4.78 is 38.2. The van der Waals surface area contributed by atoms with Gasteiger partial charge in [-0.1, -0.05) is 0 Å². The first kappa shape index (κ1) is 12.6. The molecule has 0 aromatic carbocycles. The molecule has 17 heavy (non-hydrogen) atoms. The van der Waals surface area contributed by atoms with Crippen LogP contribution < -0.4 is 4.90 Å². The zero-order chi connectivity index (χ0) is 12.5. The molecule has 2 heterocycles. The summed E-state index contributed by atoms with van der Waals surface area (Å²) in [6.07, 6.45) is -0.830. The molecule has 0 spiro atoms. The second-order valence-electron chi connectivity index (χ2n) is 4.00. The van der Waals surface area contributed by atoms with E-state index in [9.17, 15) is 13.2 Å². The fourth-order valence-electron chi connectivity index (χ4n) is 1.96. The fraction of sp³-hybridized carbons (Fsp3) is 0.600. The summed E-state index contributed by atoms with van der Waals surface area (Å²) in [5, 5.41) is 0. The van der Waals surface area contributed by atoms with Crippen molar-refractivity contribution in [2.75, 3.05) is 18.0 Å². The summed E-state index contributed by atoms with van der Waals surface area (Å²) >= 11 is 3.30. The van der Waals surface area contributed by atoms with Gasteiger partial charge in [-0.2, -0.15) is 13.2 Å². The van der Waals surface area contributed by atoms with Crippen LogP contribution in [-0.4, -0.2) is 29.2 Å². The molecular formula is C10H11BrF3N3. The van der Waals surface area contributed by atoms with Crippen LogP contribution in [0.2, 0.25) is 0 Å². The fourth-order valence-corrected chi connectivity index (χ4v) is 2.43. The number of nitrogens with zero attached hydrogens (tertiary/aromatic N) is 3. The van der Waals surface area contributed by atoms with Crippen LogP contribution in [0.1, 0.15) is 12.8 Å². The van der Waals surface area contributed by atoms with Crippen LogP contribution in [-0.2, 0) is 0 Å². The molecule has 0 radical (unpaired) electrons. The monoisotopic (exact) mass is 309 g/mol. The van der Waals surface area contributed by atoms with Crippen molar-refractivity contribution < 1.29 is 13.2 Å². The second-order valence-corrected chi connectivity index (χ2v) is 4.85. The summed E-state index contributed by atoms with van der Waals surface area (Å²) in [7, 11) is 0. The smallest absolute Gasteiger partial charge is 0.356 e. The average molecular weight is 310 g/mol. The predicted octanol–water partition coefficient (Wildman–Crippen LogP) is 3.02. The molecule has 94 valence electrons.